The first-order valence-electron chi connectivity index (χ1n) is 10.5. The van der Waals surface area contributed by atoms with Crippen molar-refractivity contribution >= 4 is 17.6 Å². The largest absolute Gasteiger partial charge is 0.467 e. The van der Waals surface area contributed by atoms with Crippen molar-refractivity contribution in [3.05, 3.63) is 96.7 Å². The Bertz CT molecular complexity index is 1110. The van der Waals surface area contributed by atoms with E-state index < -0.39 is 0 Å². The van der Waals surface area contributed by atoms with E-state index in [0.29, 0.717) is 19.0 Å². The molecule has 0 spiro atoms. The van der Waals surface area contributed by atoms with Gasteiger partial charge in [-0.25, -0.2) is 9.97 Å². The molecule has 0 saturated heterocycles. The maximum Gasteiger partial charge on any atom is 0.224 e. The highest BCUT2D eigenvalue weighted by Crippen LogP contribution is 2.32. The van der Waals surface area contributed by atoms with Gasteiger partial charge in [-0.1, -0.05) is 51.1 Å². The molecular formula is C26H27N3O2S. The summed E-state index contributed by atoms with van der Waals surface area (Å²) in [5.41, 5.74) is 1.19. The van der Waals surface area contributed by atoms with Crippen molar-refractivity contribution in [2.45, 2.75) is 43.5 Å². The standard InChI is InChI=1S/C26H27N3O2S/c1-26(2,3)32-23-13-11-20(12-14-23)17-29(18-22-10-7-15-30-22)24-16-25(28-19-27-24)31-21-8-5-4-6-9-21/h4-16,19H,17-18H2,1-3H3. The van der Waals surface area contributed by atoms with Gasteiger partial charge < -0.3 is 14.1 Å². The van der Waals surface area contributed by atoms with Crippen molar-refractivity contribution in [1.82, 2.24) is 9.97 Å². The van der Waals surface area contributed by atoms with Crippen molar-refractivity contribution < 1.29 is 9.15 Å². The number of anilines is 1. The van der Waals surface area contributed by atoms with Crippen LogP contribution in [0.15, 0.2) is 94.7 Å². The van der Waals surface area contributed by atoms with Crippen molar-refractivity contribution in [2.75, 3.05) is 4.90 Å². The van der Waals surface area contributed by atoms with Crippen molar-refractivity contribution in [3.8, 4) is 11.6 Å². The molecule has 0 fully saturated rings. The van der Waals surface area contributed by atoms with Gasteiger partial charge in [0, 0.05) is 22.3 Å². The van der Waals surface area contributed by atoms with Crippen LogP contribution in [0.25, 0.3) is 0 Å². The fourth-order valence-electron chi connectivity index (χ4n) is 3.21. The van der Waals surface area contributed by atoms with Gasteiger partial charge >= 0.3 is 0 Å². The van der Waals surface area contributed by atoms with E-state index in [9.17, 15) is 0 Å². The number of rotatable bonds is 8. The fraction of sp³-hybridized carbons (Fsp3) is 0.231. The van der Waals surface area contributed by atoms with Crippen LogP contribution in [0, 0.1) is 0 Å². The first-order valence-corrected chi connectivity index (χ1v) is 11.4. The molecule has 0 aliphatic rings. The Morgan fingerprint density at radius 3 is 2.38 bits per heavy atom. The summed E-state index contributed by atoms with van der Waals surface area (Å²) in [4.78, 5) is 12.2. The summed E-state index contributed by atoms with van der Waals surface area (Å²) in [7, 11) is 0. The van der Waals surface area contributed by atoms with Crippen LogP contribution in [0.2, 0.25) is 0 Å². The van der Waals surface area contributed by atoms with Crippen LogP contribution in [0.1, 0.15) is 32.1 Å². The number of thioether (sulfide) groups is 1. The zero-order valence-electron chi connectivity index (χ0n) is 18.6. The molecule has 4 rings (SSSR count). The molecule has 0 amide bonds. The van der Waals surface area contributed by atoms with Crippen LogP contribution in [-0.4, -0.2) is 14.7 Å². The molecule has 0 atom stereocenters. The van der Waals surface area contributed by atoms with Gasteiger partial charge in [-0.3, -0.25) is 0 Å². The number of nitrogens with zero attached hydrogens (tertiary/aromatic N) is 3. The summed E-state index contributed by atoms with van der Waals surface area (Å²) >= 11 is 1.87. The third-order valence-electron chi connectivity index (χ3n) is 4.56. The van der Waals surface area contributed by atoms with Crippen molar-refractivity contribution in [3.63, 3.8) is 0 Å². The number of aromatic nitrogens is 2. The molecule has 6 heteroatoms. The van der Waals surface area contributed by atoms with Gasteiger partial charge in [0.15, 0.2) is 0 Å². The van der Waals surface area contributed by atoms with Gasteiger partial charge in [0.2, 0.25) is 5.88 Å². The Hall–Kier alpha value is -3.25. The van der Waals surface area contributed by atoms with Crippen LogP contribution in [-0.2, 0) is 13.1 Å². The lowest BCUT2D eigenvalue weighted by Gasteiger charge is -2.23. The summed E-state index contributed by atoms with van der Waals surface area (Å²) in [5, 5.41) is 0. The number of ether oxygens (including phenoxy) is 1. The summed E-state index contributed by atoms with van der Waals surface area (Å²) in [6.45, 7) is 7.94. The van der Waals surface area contributed by atoms with E-state index >= 15 is 0 Å². The maximum absolute atomic E-state index is 5.91. The molecule has 0 bridgehead atoms. The van der Waals surface area contributed by atoms with Gasteiger partial charge in [0.05, 0.1) is 12.8 Å². The van der Waals surface area contributed by atoms with Gasteiger partial charge in [-0.15, -0.1) is 11.8 Å². The minimum atomic E-state index is 0.183. The van der Waals surface area contributed by atoms with E-state index in [1.54, 1.807) is 6.26 Å². The number of para-hydroxylation sites is 1. The second-order valence-corrected chi connectivity index (χ2v) is 10.3. The average molecular weight is 446 g/mol. The molecule has 0 aliphatic carbocycles. The Kier molecular flexibility index (Phi) is 6.81. The number of furan rings is 1. The van der Waals surface area contributed by atoms with Crippen molar-refractivity contribution in [2.24, 2.45) is 0 Å². The second-order valence-electron chi connectivity index (χ2n) is 8.42. The summed E-state index contributed by atoms with van der Waals surface area (Å²) < 4.78 is 11.7. The van der Waals surface area contributed by atoms with Crippen LogP contribution in [0.5, 0.6) is 11.6 Å². The minimum Gasteiger partial charge on any atom is -0.467 e. The van der Waals surface area contributed by atoms with Gasteiger partial charge in [0.1, 0.15) is 23.7 Å². The van der Waals surface area contributed by atoms with Crippen LogP contribution in [0.3, 0.4) is 0 Å². The van der Waals surface area contributed by atoms with Gasteiger partial charge in [-0.05, 0) is 42.0 Å². The summed E-state index contributed by atoms with van der Waals surface area (Å²) in [6.07, 6.45) is 3.22. The highest BCUT2D eigenvalue weighted by atomic mass is 32.2. The molecule has 4 aromatic rings. The van der Waals surface area contributed by atoms with Gasteiger partial charge in [0.25, 0.3) is 0 Å². The monoisotopic (exact) mass is 445 g/mol. The van der Waals surface area contributed by atoms with E-state index in [0.717, 1.165) is 17.3 Å². The van der Waals surface area contributed by atoms with E-state index in [1.165, 1.54) is 16.8 Å². The molecule has 0 aliphatic heterocycles. The van der Waals surface area contributed by atoms with E-state index in [1.807, 2.05) is 60.3 Å². The normalized spacial score (nSPS) is 11.3. The Balaban J connectivity index is 1.55. The summed E-state index contributed by atoms with van der Waals surface area (Å²) in [6, 6.07) is 24.1. The van der Waals surface area contributed by atoms with Crippen LogP contribution >= 0.6 is 11.8 Å². The van der Waals surface area contributed by atoms with E-state index in [2.05, 4.69) is 59.9 Å². The fourth-order valence-corrected chi connectivity index (χ4v) is 4.19. The minimum absolute atomic E-state index is 0.183. The zero-order valence-corrected chi connectivity index (χ0v) is 19.4. The Labute approximate surface area is 193 Å². The molecule has 32 heavy (non-hydrogen) atoms. The molecule has 0 radical (unpaired) electrons. The lowest BCUT2D eigenvalue weighted by molar-refractivity contribution is 0.460. The molecule has 2 heterocycles. The molecule has 0 unspecified atom stereocenters. The molecule has 0 N–H and O–H groups in total. The third kappa shape index (κ3) is 6.37. The maximum atomic E-state index is 5.91. The average Bonchev–Trinajstić information content (AvgIpc) is 3.28. The highest BCUT2D eigenvalue weighted by Gasteiger charge is 2.15. The first-order chi connectivity index (χ1) is 15.4. The first kappa shape index (κ1) is 22.0. The Morgan fingerprint density at radius 1 is 0.906 bits per heavy atom. The third-order valence-corrected chi connectivity index (χ3v) is 5.69. The summed E-state index contributed by atoms with van der Waals surface area (Å²) in [5.74, 6) is 2.88. The number of benzene rings is 2. The predicted molar refractivity (Wildman–Crippen MR) is 129 cm³/mol. The SMILES string of the molecule is CC(C)(C)Sc1ccc(CN(Cc2ccco2)c2cc(Oc3ccccc3)ncn2)cc1. The Morgan fingerprint density at radius 2 is 1.69 bits per heavy atom. The molecule has 0 saturated carbocycles. The molecular weight excluding hydrogens is 418 g/mol. The van der Waals surface area contributed by atoms with Crippen LogP contribution < -0.4 is 9.64 Å². The highest BCUT2D eigenvalue weighted by molar-refractivity contribution is 8.00. The zero-order chi connectivity index (χ0) is 22.4. The number of hydrogen-bond acceptors (Lipinski definition) is 6. The molecule has 2 aromatic carbocycles. The molecule has 5 nitrogen and oxygen atoms in total. The lowest BCUT2D eigenvalue weighted by atomic mass is 10.2. The predicted octanol–water partition coefficient (Wildman–Crippen LogP) is 6.96. The van der Waals surface area contributed by atoms with E-state index in [-0.39, 0.29) is 4.75 Å². The van der Waals surface area contributed by atoms with Crippen molar-refractivity contribution in [1.29, 1.82) is 0 Å². The smallest absolute Gasteiger partial charge is 0.224 e. The number of hydrogen-bond donors (Lipinski definition) is 0. The van der Waals surface area contributed by atoms with Gasteiger partial charge in [-0.2, -0.15) is 0 Å². The molecule has 2 aromatic heterocycles. The lowest BCUT2D eigenvalue weighted by Crippen LogP contribution is -2.23. The van der Waals surface area contributed by atoms with Crippen LogP contribution in [0.4, 0.5) is 5.82 Å². The second kappa shape index (κ2) is 9.92. The quantitative estimate of drug-likeness (QED) is 0.273. The molecule has 164 valence electrons. The topological polar surface area (TPSA) is 51.4 Å². The van der Waals surface area contributed by atoms with E-state index in [4.69, 9.17) is 9.15 Å².